The summed E-state index contributed by atoms with van der Waals surface area (Å²) in [5.74, 6) is 1.94. The molecule has 0 radical (unpaired) electrons. The molecule has 0 atom stereocenters. The van der Waals surface area contributed by atoms with Crippen LogP contribution in [-0.4, -0.2) is 41.1 Å². The minimum Gasteiger partial charge on any atom is -0.381 e. The van der Waals surface area contributed by atoms with E-state index < -0.39 is 7.82 Å². The van der Waals surface area contributed by atoms with Crippen LogP contribution in [0, 0.1) is 0 Å². The van der Waals surface area contributed by atoms with E-state index in [9.17, 15) is 4.57 Å². The molecule has 0 heterocycles. The fourth-order valence-corrected chi connectivity index (χ4v) is 4.13. The zero-order chi connectivity index (χ0) is 20.1. The summed E-state index contributed by atoms with van der Waals surface area (Å²) in [6.07, 6.45) is 17.9. The molecule has 0 aliphatic carbocycles. The third kappa shape index (κ3) is 26.4. The lowest BCUT2D eigenvalue weighted by Crippen LogP contribution is -1.98. The second-order valence-electron chi connectivity index (χ2n) is 7.14. The van der Waals surface area contributed by atoms with Crippen LogP contribution in [-0.2, 0) is 13.8 Å². The summed E-state index contributed by atoms with van der Waals surface area (Å²) in [6, 6.07) is 0. The highest BCUT2D eigenvalue weighted by Gasteiger charge is 2.12. The van der Waals surface area contributed by atoms with Gasteiger partial charge in [-0.2, -0.15) is 11.8 Å². The molecule has 0 aliphatic heterocycles. The highest BCUT2D eigenvalue weighted by molar-refractivity contribution is 7.99. The Bertz CT molecular complexity index is 338. The number of hydrogen-bond acceptors (Lipinski definition) is 4. The molecule has 0 saturated heterocycles. The zero-order valence-electron chi connectivity index (χ0n) is 17.4. The van der Waals surface area contributed by atoms with Crippen LogP contribution in [0.4, 0.5) is 0 Å². The zero-order valence-corrected chi connectivity index (χ0v) is 19.1. The van der Waals surface area contributed by atoms with Crippen molar-refractivity contribution >= 4 is 19.6 Å². The van der Waals surface area contributed by atoms with E-state index in [1.165, 1.54) is 70.6 Å². The van der Waals surface area contributed by atoms with Crippen LogP contribution in [0.3, 0.4) is 0 Å². The van der Waals surface area contributed by atoms with Crippen molar-refractivity contribution in [3.05, 3.63) is 0 Å². The van der Waals surface area contributed by atoms with Crippen LogP contribution >= 0.6 is 19.6 Å². The highest BCUT2D eigenvalue weighted by atomic mass is 32.2. The average Bonchev–Trinajstić information content (AvgIpc) is 2.62. The minimum atomic E-state index is -4.29. The Morgan fingerprint density at radius 2 is 1.15 bits per heavy atom. The van der Waals surface area contributed by atoms with E-state index in [-0.39, 0.29) is 6.61 Å². The number of hydrogen-bond donors (Lipinski definition) is 2. The van der Waals surface area contributed by atoms with Gasteiger partial charge in [0.2, 0.25) is 0 Å². The predicted molar refractivity (Wildman–Crippen MR) is 116 cm³/mol. The number of phosphoric acid groups is 1. The maximum Gasteiger partial charge on any atom is 0.469 e. The van der Waals surface area contributed by atoms with Gasteiger partial charge in [0.1, 0.15) is 0 Å². The van der Waals surface area contributed by atoms with Crippen molar-refractivity contribution in [3.8, 4) is 0 Å². The van der Waals surface area contributed by atoms with Crippen LogP contribution in [0.1, 0.15) is 96.8 Å². The number of phosphoric ester groups is 1. The number of unbranched alkanes of at least 4 members (excludes halogenated alkanes) is 11. The molecule has 2 N–H and O–H groups in total. The number of ether oxygens (including phenoxy) is 1. The summed E-state index contributed by atoms with van der Waals surface area (Å²) < 4.78 is 20.6. The van der Waals surface area contributed by atoms with Crippen molar-refractivity contribution < 1.29 is 23.6 Å². The van der Waals surface area contributed by atoms with Crippen molar-refractivity contribution in [3.63, 3.8) is 0 Å². The van der Waals surface area contributed by atoms with Crippen LogP contribution in [0.15, 0.2) is 0 Å². The minimum absolute atomic E-state index is 0.124. The van der Waals surface area contributed by atoms with Crippen LogP contribution in [0.25, 0.3) is 0 Å². The Morgan fingerprint density at radius 1 is 0.667 bits per heavy atom. The molecule has 164 valence electrons. The third-order valence-electron chi connectivity index (χ3n) is 4.41. The van der Waals surface area contributed by atoms with Gasteiger partial charge in [0.05, 0.1) is 6.61 Å². The fourth-order valence-electron chi connectivity index (χ4n) is 2.83. The summed E-state index contributed by atoms with van der Waals surface area (Å²) in [4.78, 5) is 17.1. The van der Waals surface area contributed by atoms with E-state index in [0.29, 0.717) is 6.42 Å². The van der Waals surface area contributed by atoms with Gasteiger partial charge in [0.15, 0.2) is 0 Å². The molecule has 0 spiro atoms. The van der Waals surface area contributed by atoms with Crippen molar-refractivity contribution in [2.24, 2.45) is 0 Å². The molecule has 0 rings (SSSR count). The van der Waals surface area contributed by atoms with E-state index in [0.717, 1.165) is 37.6 Å². The fraction of sp³-hybridized carbons (Fsp3) is 1.00. The summed E-state index contributed by atoms with van der Waals surface area (Å²) in [6.45, 7) is 4.13. The summed E-state index contributed by atoms with van der Waals surface area (Å²) in [7, 11) is -4.29. The molecule has 0 unspecified atom stereocenters. The highest BCUT2D eigenvalue weighted by Crippen LogP contribution is 2.35. The maximum absolute atomic E-state index is 10.5. The van der Waals surface area contributed by atoms with Gasteiger partial charge in [0, 0.05) is 13.2 Å². The quantitative estimate of drug-likeness (QED) is 0.156. The lowest BCUT2D eigenvalue weighted by atomic mass is 10.1. The Kier molecular flexibility index (Phi) is 21.5. The van der Waals surface area contributed by atoms with Crippen molar-refractivity contribution in [2.75, 3.05) is 31.3 Å². The second-order valence-corrected chi connectivity index (χ2v) is 9.61. The monoisotopic (exact) mass is 426 g/mol. The van der Waals surface area contributed by atoms with Gasteiger partial charge in [-0.1, -0.05) is 71.1 Å². The maximum atomic E-state index is 10.5. The predicted octanol–water partition coefficient (Wildman–Crippen LogP) is 6.33. The van der Waals surface area contributed by atoms with Gasteiger partial charge in [-0.25, -0.2) is 4.57 Å². The van der Waals surface area contributed by atoms with Crippen LogP contribution in [0.5, 0.6) is 0 Å². The first-order valence-corrected chi connectivity index (χ1v) is 13.6. The first kappa shape index (κ1) is 27.4. The molecule has 0 saturated carbocycles. The summed E-state index contributed by atoms with van der Waals surface area (Å²) in [5, 5.41) is 0. The Hall–Kier alpha value is 0.420. The second kappa shape index (κ2) is 21.1. The molecule has 0 aromatic heterocycles. The lowest BCUT2D eigenvalue weighted by molar-refractivity contribution is 0.127. The number of thioether (sulfide) groups is 1. The molecule has 0 aliphatic rings. The van der Waals surface area contributed by atoms with Gasteiger partial charge in [-0.05, 0) is 37.2 Å². The molecule has 0 bridgehead atoms. The Morgan fingerprint density at radius 3 is 1.70 bits per heavy atom. The van der Waals surface area contributed by atoms with Crippen LogP contribution in [0.2, 0.25) is 0 Å². The van der Waals surface area contributed by atoms with Gasteiger partial charge < -0.3 is 14.5 Å². The smallest absolute Gasteiger partial charge is 0.381 e. The van der Waals surface area contributed by atoms with Crippen molar-refractivity contribution in [1.82, 2.24) is 0 Å². The molecule has 5 nitrogen and oxygen atoms in total. The number of rotatable bonds is 22. The summed E-state index contributed by atoms with van der Waals surface area (Å²) in [5.41, 5.74) is 0. The van der Waals surface area contributed by atoms with Gasteiger partial charge >= 0.3 is 7.82 Å². The van der Waals surface area contributed by atoms with E-state index >= 15 is 0 Å². The van der Waals surface area contributed by atoms with Gasteiger partial charge in [0.25, 0.3) is 0 Å². The Balaban J connectivity index is 3.02. The summed E-state index contributed by atoms with van der Waals surface area (Å²) >= 11 is 1.80. The lowest BCUT2D eigenvalue weighted by Gasteiger charge is -2.06. The normalized spacial score (nSPS) is 12.0. The van der Waals surface area contributed by atoms with E-state index in [1.807, 2.05) is 0 Å². The molecule has 0 amide bonds. The van der Waals surface area contributed by atoms with Crippen molar-refractivity contribution in [1.29, 1.82) is 0 Å². The molecule has 27 heavy (non-hydrogen) atoms. The molecule has 7 heteroatoms. The van der Waals surface area contributed by atoms with Crippen LogP contribution < -0.4 is 0 Å². The van der Waals surface area contributed by atoms with Gasteiger partial charge in [-0.15, -0.1) is 0 Å². The molecular formula is C20H43O5PS. The van der Waals surface area contributed by atoms with E-state index in [2.05, 4.69) is 11.4 Å². The van der Waals surface area contributed by atoms with Gasteiger partial charge in [-0.3, -0.25) is 4.52 Å². The Labute approximate surface area is 171 Å². The SMILES string of the molecule is CCCCCCCCCCCCCOCCCCSCCCOP(=O)(O)O. The first-order chi connectivity index (χ1) is 13.1. The van der Waals surface area contributed by atoms with E-state index in [4.69, 9.17) is 14.5 Å². The first-order valence-electron chi connectivity index (χ1n) is 10.9. The molecule has 0 aromatic rings. The van der Waals surface area contributed by atoms with E-state index in [1.54, 1.807) is 11.8 Å². The standard InChI is InChI=1S/C20H43O5PS/c1-2-3-4-5-6-7-8-9-10-11-12-16-24-17-13-14-19-27-20-15-18-25-26(21,22)23/h2-20H2,1H3,(H2,21,22,23). The molecule has 0 aromatic carbocycles. The topological polar surface area (TPSA) is 76.0 Å². The third-order valence-corrected chi connectivity index (χ3v) is 6.09. The largest absolute Gasteiger partial charge is 0.469 e. The van der Waals surface area contributed by atoms with Crippen molar-refractivity contribution in [2.45, 2.75) is 96.8 Å². The molecular weight excluding hydrogens is 383 g/mol. The average molecular weight is 427 g/mol. The molecule has 0 fully saturated rings.